The molecule has 0 fully saturated rings. The van der Waals surface area contributed by atoms with Crippen molar-refractivity contribution in [3.63, 3.8) is 0 Å². The fourth-order valence-corrected chi connectivity index (χ4v) is 2.74. The van der Waals surface area contributed by atoms with E-state index in [1.807, 2.05) is 49.4 Å². The Bertz CT molecular complexity index is 954. The highest BCUT2D eigenvalue weighted by atomic mass is 16.5. The number of anilines is 1. The highest BCUT2D eigenvalue weighted by Crippen LogP contribution is 2.30. The first-order valence-corrected chi connectivity index (χ1v) is 8.11. The molecule has 0 unspecified atom stereocenters. The van der Waals surface area contributed by atoms with Crippen molar-refractivity contribution in [3.8, 4) is 17.2 Å². The summed E-state index contributed by atoms with van der Waals surface area (Å²) in [6, 6.07) is 13.3. The lowest BCUT2D eigenvalue weighted by Crippen LogP contribution is -1.98. The molecule has 134 valence electrons. The van der Waals surface area contributed by atoms with Gasteiger partial charge in [0.15, 0.2) is 11.5 Å². The third kappa shape index (κ3) is 3.54. The van der Waals surface area contributed by atoms with Crippen LogP contribution in [0.1, 0.15) is 11.3 Å². The van der Waals surface area contributed by atoms with E-state index < -0.39 is 0 Å². The minimum absolute atomic E-state index is 0.637. The third-order valence-corrected chi connectivity index (χ3v) is 3.97. The number of hydrogen-bond donors (Lipinski definition) is 1. The molecule has 0 radical (unpaired) electrons. The molecule has 26 heavy (non-hydrogen) atoms. The Morgan fingerprint density at radius 3 is 2.58 bits per heavy atom. The maximum atomic E-state index is 5.42. The van der Waals surface area contributed by atoms with Crippen LogP contribution in [0.25, 0.3) is 10.9 Å². The van der Waals surface area contributed by atoms with Gasteiger partial charge in [0.05, 0.1) is 38.7 Å². The summed E-state index contributed by atoms with van der Waals surface area (Å²) in [5, 5.41) is 5.30. The monoisotopic (exact) mass is 351 g/mol. The lowest BCUT2D eigenvalue weighted by molar-refractivity contribution is 0.354. The van der Waals surface area contributed by atoms with Crippen LogP contribution in [0.15, 0.2) is 47.6 Å². The maximum absolute atomic E-state index is 5.42. The van der Waals surface area contributed by atoms with E-state index in [0.29, 0.717) is 11.5 Å². The zero-order chi connectivity index (χ0) is 18.5. The fraction of sp³-hybridized carbons (Fsp3) is 0.200. The lowest BCUT2D eigenvalue weighted by atomic mass is 10.1. The Morgan fingerprint density at radius 1 is 1.00 bits per heavy atom. The average molecular weight is 351 g/mol. The van der Waals surface area contributed by atoms with E-state index in [1.54, 1.807) is 27.5 Å². The summed E-state index contributed by atoms with van der Waals surface area (Å²) in [7, 11) is 4.86. The standard InChI is InChI=1S/C20H21N3O3/c1-13-10-18(16-11-15(24-2)8-9-17(16)22-13)23-21-12-14-6-5-7-19(25-3)20(14)26-4/h5-12H,1-4H3,(H,22,23)/b21-12+. The van der Waals surface area contributed by atoms with Gasteiger partial charge in [0.25, 0.3) is 0 Å². The smallest absolute Gasteiger partial charge is 0.169 e. The molecule has 1 N–H and O–H groups in total. The van der Waals surface area contributed by atoms with Gasteiger partial charge in [-0.25, -0.2) is 0 Å². The number of rotatable bonds is 6. The molecule has 1 aromatic heterocycles. The number of aryl methyl sites for hydroxylation is 1. The van der Waals surface area contributed by atoms with Crippen LogP contribution in [-0.2, 0) is 0 Å². The van der Waals surface area contributed by atoms with E-state index in [0.717, 1.165) is 33.6 Å². The molecule has 0 aliphatic carbocycles. The number of hydrogen-bond acceptors (Lipinski definition) is 6. The van der Waals surface area contributed by atoms with Crippen molar-refractivity contribution < 1.29 is 14.2 Å². The molecular weight excluding hydrogens is 330 g/mol. The predicted molar refractivity (Wildman–Crippen MR) is 104 cm³/mol. The number of aromatic nitrogens is 1. The topological polar surface area (TPSA) is 65.0 Å². The number of benzene rings is 2. The Morgan fingerprint density at radius 2 is 1.85 bits per heavy atom. The molecule has 0 amide bonds. The van der Waals surface area contributed by atoms with Crippen LogP contribution in [0.3, 0.4) is 0 Å². The van der Waals surface area contributed by atoms with Crippen LogP contribution in [0, 0.1) is 6.92 Å². The summed E-state index contributed by atoms with van der Waals surface area (Å²) in [6.07, 6.45) is 1.70. The summed E-state index contributed by atoms with van der Waals surface area (Å²) < 4.78 is 16.0. The maximum Gasteiger partial charge on any atom is 0.169 e. The van der Waals surface area contributed by atoms with Gasteiger partial charge in [0.1, 0.15) is 5.75 Å². The molecular formula is C20H21N3O3. The van der Waals surface area contributed by atoms with Crippen LogP contribution < -0.4 is 19.6 Å². The van der Waals surface area contributed by atoms with Crippen molar-refractivity contribution in [1.29, 1.82) is 0 Å². The Labute approximate surface area is 152 Å². The first-order chi connectivity index (χ1) is 12.7. The first kappa shape index (κ1) is 17.5. The molecule has 0 bridgehead atoms. The average Bonchev–Trinajstić information content (AvgIpc) is 2.67. The normalized spacial score (nSPS) is 10.9. The van der Waals surface area contributed by atoms with Crippen LogP contribution in [0.5, 0.6) is 17.2 Å². The second-order valence-electron chi connectivity index (χ2n) is 5.65. The van der Waals surface area contributed by atoms with E-state index in [2.05, 4.69) is 15.5 Å². The van der Waals surface area contributed by atoms with Crippen molar-refractivity contribution in [3.05, 3.63) is 53.7 Å². The highest BCUT2D eigenvalue weighted by Gasteiger charge is 2.08. The molecule has 0 saturated carbocycles. The molecule has 2 aromatic carbocycles. The number of ether oxygens (including phenoxy) is 3. The van der Waals surface area contributed by atoms with Crippen molar-refractivity contribution in [2.24, 2.45) is 5.10 Å². The zero-order valence-corrected chi connectivity index (χ0v) is 15.2. The van der Waals surface area contributed by atoms with Gasteiger partial charge in [-0.1, -0.05) is 6.07 Å². The molecule has 0 spiro atoms. The van der Waals surface area contributed by atoms with Crippen molar-refractivity contribution in [2.45, 2.75) is 6.92 Å². The van der Waals surface area contributed by atoms with Gasteiger partial charge < -0.3 is 14.2 Å². The molecule has 3 aromatic rings. The van der Waals surface area contributed by atoms with Crippen LogP contribution in [0.2, 0.25) is 0 Å². The van der Waals surface area contributed by atoms with Gasteiger partial charge in [-0.2, -0.15) is 5.10 Å². The van der Waals surface area contributed by atoms with Crippen LogP contribution >= 0.6 is 0 Å². The minimum atomic E-state index is 0.637. The number of fused-ring (bicyclic) bond motifs is 1. The summed E-state index contributed by atoms with van der Waals surface area (Å²) in [5.74, 6) is 2.06. The first-order valence-electron chi connectivity index (χ1n) is 8.11. The molecule has 0 aliphatic heterocycles. The van der Waals surface area contributed by atoms with Crippen LogP contribution in [0.4, 0.5) is 5.69 Å². The Kier molecular flexibility index (Phi) is 5.22. The van der Waals surface area contributed by atoms with Gasteiger partial charge in [-0.3, -0.25) is 10.4 Å². The second-order valence-corrected chi connectivity index (χ2v) is 5.65. The number of hydrazone groups is 1. The van der Waals surface area contributed by atoms with Gasteiger partial charge in [0, 0.05) is 16.6 Å². The molecule has 0 aliphatic rings. The largest absolute Gasteiger partial charge is 0.497 e. The third-order valence-electron chi connectivity index (χ3n) is 3.97. The molecule has 6 heteroatoms. The number of nitrogens with zero attached hydrogens (tertiary/aromatic N) is 2. The summed E-state index contributed by atoms with van der Waals surface area (Å²) in [5.41, 5.74) is 6.54. The number of methoxy groups -OCH3 is 3. The van der Waals surface area contributed by atoms with Crippen molar-refractivity contribution in [2.75, 3.05) is 26.8 Å². The predicted octanol–water partition coefficient (Wildman–Crippen LogP) is 4.02. The quantitative estimate of drug-likeness (QED) is 0.537. The van der Waals surface area contributed by atoms with E-state index >= 15 is 0 Å². The zero-order valence-electron chi connectivity index (χ0n) is 15.2. The fourth-order valence-electron chi connectivity index (χ4n) is 2.74. The van der Waals surface area contributed by atoms with Crippen molar-refractivity contribution >= 4 is 22.8 Å². The van der Waals surface area contributed by atoms with Crippen molar-refractivity contribution in [1.82, 2.24) is 4.98 Å². The van der Waals surface area contributed by atoms with Gasteiger partial charge in [-0.05, 0) is 43.3 Å². The molecule has 6 nitrogen and oxygen atoms in total. The SMILES string of the molecule is COc1ccc2nc(C)cc(N/N=C/c3cccc(OC)c3OC)c2c1. The van der Waals surface area contributed by atoms with Crippen LogP contribution in [-0.4, -0.2) is 32.5 Å². The summed E-state index contributed by atoms with van der Waals surface area (Å²) >= 11 is 0. The van der Waals surface area contributed by atoms with E-state index in [9.17, 15) is 0 Å². The van der Waals surface area contributed by atoms with Gasteiger partial charge in [-0.15, -0.1) is 0 Å². The van der Waals surface area contributed by atoms with E-state index in [4.69, 9.17) is 14.2 Å². The Hall–Kier alpha value is -3.28. The molecule has 3 rings (SSSR count). The molecule has 0 saturated heterocycles. The molecule has 0 atom stereocenters. The minimum Gasteiger partial charge on any atom is -0.497 e. The van der Waals surface area contributed by atoms with E-state index in [-0.39, 0.29) is 0 Å². The second kappa shape index (κ2) is 7.74. The Balaban J connectivity index is 1.94. The number of nitrogens with one attached hydrogen (secondary N) is 1. The summed E-state index contributed by atoms with van der Waals surface area (Å²) in [4.78, 5) is 4.54. The van der Waals surface area contributed by atoms with Gasteiger partial charge >= 0.3 is 0 Å². The highest BCUT2D eigenvalue weighted by molar-refractivity contribution is 5.93. The number of para-hydroxylation sites is 1. The molecule has 1 heterocycles. The lowest BCUT2D eigenvalue weighted by Gasteiger charge is -2.10. The van der Waals surface area contributed by atoms with E-state index in [1.165, 1.54) is 0 Å². The number of pyridine rings is 1. The summed E-state index contributed by atoms with van der Waals surface area (Å²) in [6.45, 7) is 1.95. The van der Waals surface area contributed by atoms with Gasteiger partial charge in [0.2, 0.25) is 0 Å².